The number of Topliss-reactive ketones (excluding diaryl/α,β-unsaturated/α-hetero) is 1. The molecule has 4 rings (SSSR count). The second-order valence-electron chi connectivity index (χ2n) is 6.38. The van der Waals surface area contributed by atoms with Gasteiger partial charge in [0.1, 0.15) is 18.1 Å². The number of ketones is 1. The molecule has 2 aromatic carbocycles. The number of carbonyl (C=O) groups is 1. The third-order valence-electron chi connectivity index (χ3n) is 4.48. The summed E-state index contributed by atoms with van der Waals surface area (Å²) in [5.74, 6) is 1.39. The molecule has 3 aromatic rings. The number of halogens is 1. The Balaban J connectivity index is 1.61. The van der Waals surface area contributed by atoms with Crippen LogP contribution in [0.2, 0.25) is 0 Å². The predicted octanol–water partition coefficient (Wildman–Crippen LogP) is 4.80. The van der Waals surface area contributed by atoms with Crippen molar-refractivity contribution in [3.8, 4) is 17.0 Å². The number of para-hydroxylation sites is 1. The summed E-state index contributed by atoms with van der Waals surface area (Å²) in [4.78, 5) is 12.6. The van der Waals surface area contributed by atoms with Crippen LogP contribution >= 0.6 is 15.9 Å². The van der Waals surface area contributed by atoms with Gasteiger partial charge in [0.25, 0.3) is 0 Å². The number of aromatic nitrogens is 2. The van der Waals surface area contributed by atoms with Crippen LogP contribution in [-0.2, 0) is 17.8 Å². The van der Waals surface area contributed by atoms with Crippen LogP contribution in [0.1, 0.15) is 16.7 Å². The molecule has 0 saturated heterocycles. The summed E-state index contributed by atoms with van der Waals surface area (Å²) in [6.45, 7) is 6.20. The first-order chi connectivity index (χ1) is 12.5. The van der Waals surface area contributed by atoms with E-state index in [1.165, 1.54) is 0 Å². The van der Waals surface area contributed by atoms with E-state index in [-0.39, 0.29) is 12.3 Å². The van der Waals surface area contributed by atoms with Crippen LogP contribution in [0.4, 0.5) is 0 Å². The van der Waals surface area contributed by atoms with Crippen molar-refractivity contribution in [3.05, 3.63) is 76.4 Å². The van der Waals surface area contributed by atoms with Gasteiger partial charge in [0.05, 0.1) is 17.5 Å². The minimum Gasteiger partial charge on any atom is -0.457 e. The largest absolute Gasteiger partial charge is 0.457 e. The fourth-order valence-corrected chi connectivity index (χ4v) is 3.56. The molecule has 0 saturated carbocycles. The van der Waals surface area contributed by atoms with Crippen molar-refractivity contribution in [2.75, 3.05) is 0 Å². The molecule has 1 aliphatic heterocycles. The van der Waals surface area contributed by atoms with E-state index < -0.39 is 0 Å². The van der Waals surface area contributed by atoms with Crippen LogP contribution in [0.15, 0.2) is 59.7 Å². The SMILES string of the molecule is C=C1Oc2ccccc2-c2c1cnn2CC(=O)Cc1ccc(C)c(Br)c1. The number of benzene rings is 2. The Kier molecular flexibility index (Phi) is 4.24. The van der Waals surface area contributed by atoms with Crippen LogP contribution in [-0.4, -0.2) is 15.6 Å². The molecule has 0 fully saturated rings. The zero-order valence-corrected chi connectivity index (χ0v) is 15.9. The number of carbonyl (C=O) groups excluding carboxylic acids is 1. The molecule has 1 aliphatic rings. The highest BCUT2D eigenvalue weighted by Crippen LogP contribution is 2.41. The number of aryl methyl sites for hydroxylation is 1. The average molecular weight is 409 g/mol. The van der Waals surface area contributed by atoms with Crippen molar-refractivity contribution in [1.29, 1.82) is 0 Å². The van der Waals surface area contributed by atoms with Crippen LogP contribution < -0.4 is 4.74 Å². The molecule has 26 heavy (non-hydrogen) atoms. The maximum Gasteiger partial charge on any atom is 0.158 e. The Labute approximate surface area is 160 Å². The highest BCUT2D eigenvalue weighted by molar-refractivity contribution is 9.10. The number of rotatable bonds is 4. The monoisotopic (exact) mass is 408 g/mol. The van der Waals surface area contributed by atoms with Gasteiger partial charge >= 0.3 is 0 Å². The number of ether oxygens (including phenoxy) is 1. The maximum absolute atomic E-state index is 12.6. The van der Waals surface area contributed by atoms with Gasteiger partial charge in [0.2, 0.25) is 0 Å². The zero-order chi connectivity index (χ0) is 18.3. The molecule has 0 atom stereocenters. The van der Waals surface area contributed by atoms with E-state index in [1.807, 2.05) is 49.4 Å². The molecule has 0 aliphatic carbocycles. The van der Waals surface area contributed by atoms with Crippen molar-refractivity contribution in [3.63, 3.8) is 0 Å². The molecular weight excluding hydrogens is 392 g/mol. The summed E-state index contributed by atoms with van der Waals surface area (Å²) in [5.41, 5.74) is 4.78. The summed E-state index contributed by atoms with van der Waals surface area (Å²) in [6, 6.07) is 13.7. The topological polar surface area (TPSA) is 44.1 Å². The summed E-state index contributed by atoms with van der Waals surface area (Å²) >= 11 is 3.52. The standard InChI is InChI=1S/C21H17BrN2O2/c1-13-7-8-15(10-19(13)22)9-16(25)12-24-21-17-5-3-4-6-20(17)26-14(2)18(21)11-23-24/h3-8,10-11H,2,9,12H2,1H3. The van der Waals surface area contributed by atoms with Gasteiger partial charge in [-0.05, 0) is 36.2 Å². The molecule has 0 unspecified atom stereocenters. The molecule has 1 aromatic heterocycles. The fraction of sp³-hybridized carbons (Fsp3) is 0.143. The fourth-order valence-electron chi connectivity index (χ4n) is 3.13. The lowest BCUT2D eigenvalue weighted by atomic mass is 10.0. The van der Waals surface area contributed by atoms with Gasteiger partial charge in [-0.1, -0.05) is 46.8 Å². The molecule has 2 heterocycles. The summed E-state index contributed by atoms with van der Waals surface area (Å²) in [7, 11) is 0. The normalized spacial score (nSPS) is 12.3. The Morgan fingerprint density at radius 3 is 2.85 bits per heavy atom. The lowest BCUT2D eigenvalue weighted by Crippen LogP contribution is -2.16. The van der Waals surface area contributed by atoms with Crippen LogP contribution in [0, 0.1) is 6.92 Å². The van der Waals surface area contributed by atoms with E-state index >= 15 is 0 Å². The Bertz CT molecular complexity index is 1040. The molecule has 5 heteroatoms. The second kappa shape index (κ2) is 6.57. The van der Waals surface area contributed by atoms with Crippen molar-refractivity contribution in [2.45, 2.75) is 19.9 Å². The van der Waals surface area contributed by atoms with Crippen molar-refractivity contribution in [2.24, 2.45) is 0 Å². The minimum atomic E-state index is 0.0984. The van der Waals surface area contributed by atoms with E-state index in [0.29, 0.717) is 12.2 Å². The van der Waals surface area contributed by atoms with Crippen molar-refractivity contribution in [1.82, 2.24) is 9.78 Å². The van der Waals surface area contributed by atoms with E-state index in [0.717, 1.165) is 38.2 Å². The van der Waals surface area contributed by atoms with Crippen LogP contribution in [0.5, 0.6) is 5.75 Å². The molecule has 0 spiro atoms. The van der Waals surface area contributed by atoms with Gasteiger partial charge in [-0.25, -0.2) is 0 Å². The third-order valence-corrected chi connectivity index (χ3v) is 5.33. The summed E-state index contributed by atoms with van der Waals surface area (Å²) in [6.07, 6.45) is 2.08. The third kappa shape index (κ3) is 2.99. The Hall–Kier alpha value is -2.66. The van der Waals surface area contributed by atoms with E-state index in [4.69, 9.17) is 4.74 Å². The minimum absolute atomic E-state index is 0.0984. The molecule has 0 radical (unpaired) electrons. The van der Waals surface area contributed by atoms with Gasteiger partial charge in [-0.15, -0.1) is 0 Å². The molecule has 0 amide bonds. The summed E-state index contributed by atoms with van der Waals surface area (Å²) in [5, 5.41) is 4.41. The second-order valence-corrected chi connectivity index (χ2v) is 7.24. The van der Waals surface area contributed by atoms with Crippen molar-refractivity contribution >= 4 is 27.5 Å². The van der Waals surface area contributed by atoms with Crippen molar-refractivity contribution < 1.29 is 9.53 Å². The zero-order valence-electron chi connectivity index (χ0n) is 14.3. The Morgan fingerprint density at radius 2 is 2.04 bits per heavy atom. The molecular formula is C21H17BrN2O2. The highest BCUT2D eigenvalue weighted by Gasteiger charge is 2.25. The highest BCUT2D eigenvalue weighted by atomic mass is 79.9. The van der Waals surface area contributed by atoms with Gasteiger partial charge in [0.15, 0.2) is 5.78 Å². The quantitative estimate of drug-likeness (QED) is 0.622. The first-order valence-corrected chi connectivity index (χ1v) is 9.11. The lowest BCUT2D eigenvalue weighted by Gasteiger charge is -2.20. The van der Waals surface area contributed by atoms with Gasteiger partial charge in [-0.2, -0.15) is 5.10 Å². The van der Waals surface area contributed by atoms with Gasteiger partial charge < -0.3 is 4.74 Å². The first-order valence-electron chi connectivity index (χ1n) is 8.32. The predicted molar refractivity (Wildman–Crippen MR) is 105 cm³/mol. The van der Waals surface area contributed by atoms with E-state index in [9.17, 15) is 4.79 Å². The van der Waals surface area contributed by atoms with Crippen LogP contribution in [0.3, 0.4) is 0 Å². The molecule has 130 valence electrons. The average Bonchev–Trinajstić information content (AvgIpc) is 3.03. The van der Waals surface area contributed by atoms with Crippen LogP contribution in [0.25, 0.3) is 17.0 Å². The lowest BCUT2D eigenvalue weighted by molar-refractivity contribution is -0.119. The first kappa shape index (κ1) is 16.8. The smallest absolute Gasteiger partial charge is 0.158 e. The van der Waals surface area contributed by atoms with E-state index in [2.05, 4.69) is 27.6 Å². The van der Waals surface area contributed by atoms with Gasteiger partial charge in [-0.3, -0.25) is 9.48 Å². The Morgan fingerprint density at radius 1 is 1.23 bits per heavy atom. The maximum atomic E-state index is 12.6. The number of fused-ring (bicyclic) bond motifs is 3. The number of hydrogen-bond donors (Lipinski definition) is 0. The molecule has 4 nitrogen and oxygen atoms in total. The number of nitrogens with zero attached hydrogens (tertiary/aromatic N) is 2. The molecule has 0 bridgehead atoms. The molecule has 0 N–H and O–H groups in total. The number of hydrogen-bond acceptors (Lipinski definition) is 3. The summed E-state index contributed by atoms with van der Waals surface area (Å²) < 4.78 is 8.52. The van der Waals surface area contributed by atoms with Gasteiger partial charge in [0, 0.05) is 16.5 Å². The van der Waals surface area contributed by atoms with E-state index in [1.54, 1.807) is 10.9 Å².